The molecular formula is C32H23Cl2F4NO. The number of likely N-dealkylation sites (tertiary alicyclic amines) is 1. The summed E-state index contributed by atoms with van der Waals surface area (Å²) in [6.45, 7) is 0.255. The van der Waals surface area contributed by atoms with Gasteiger partial charge in [-0.25, -0.2) is 4.39 Å². The summed E-state index contributed by atoms with van der Waals surface area (Å²) in [5.74, 6) is -0.869. The molecule has 2 nitrogen and oxygen atoms in total. The zero-order chi connectivity index (χ0) is 28.5. The van der Waals surface area contributed by atoms with Gasteiger partial charge in [-0.15, -0.1) is 0 Å². The Hall–Kier alpha value is -3.45. The van der Waals surface area contributed by atoms with E-state index < -0.39 is 23.2 Å². The second-order valence-electron chi connectivity index (χ2n) is 9.75. The van der Waals surface area contributed by atoms with Crippen molar-refractivity contribution in [3.05, 3.63) is 147 Å². The largest absolute Gasteiger partial charge is 0.417 e. The number of allylic oxidation sites excluding steroid dienone is 2. The van der Waals surface area contributed by atoms with Crippen LogP contribution in [0.25, 0.3) is 5.57 Å². The second-order valence-corrected chi connectivity index (χ2v) is 10.6. The molecule has 1 aliphatic rings. The highest BCUT2D eigenvalue weighted by Gasteiger charge is 2.48. The molecule has 1 heterocycles. The number of ketones is 1. The van der Waals surface area contributed by atoms with E-state index in [9.17, 15) is 18.0 Å². The maximum atomic E-state index is 16.0. The molecule has 0 atom stereocenters. The van der Waals surface area contributed by atoms with Crippen LogP contribution >= 0.6 is 23.2 Å². The third kappa shape index (κ3) is 5.99. The normalized spacial score (nSPS) is 15.6. The fourth-order valence-corrected chi connectivity index (χ4v) is 5.56. The first-order chi connectivity index (χ1) is 19.0. The quantitative estimate of drug-likeness (QED) is 0.123. The van der Waals surface area contributed by atoms with Gasteiger partial charge in [-0.2, -0.15) is 13.2 Å². The third-order valence-electron chi connectivity index (χ3n) is 6.94. The van der Waals surface area contributed by atoms with Crippen LogP contribution in [0.5, 0.6) is 0 Å². The van der Waals surface area contributed by atoms with Gasteiger partial charge in [-0.3, -0.25) is 9.69 Å². The van der Waals surface area contributed by atoms with Gasteiger partial charge < -0.3 is 0 Å². The highest BCUT2D eigenvalue weighted by Crippen LogP contribution is 2.43. The van der Waals surface area contributed by atoms with Crippen LogP contribution in [0.2, 0.25) is 10.0 Å². The molecule has 0 spiro atoms. The minimum atomic E-state index is -4.82. The van der Waals surface area contributed by atoms with E-state index >= 15 is 4.39 Å². The molecule has 0 aliphatic carbocycles. The molecule has 0 unspecified atom stereocenters. The lowest BCUT2D eigenvalue weighted by Crippen LogP contribution is -2.57. The summed E-state index contributed by atoms with van der Waals surface area (Å²) in [4.78, 5) is 14.8. The molecular weight excluding hydrogens is 561 g/mol. The maximum Gasteiger partial charge on any atom is 0.417 e. The molecule has 0 radical (unpaired) electrons. The fraction of sp³-hybridized carbons (Fsp3) is 0.156. The van der Waals surface area contributed by atoms with Gasteiger partial charge in [0.15, 0.2) is 11.5 Å². The first-order valence-electron chi connectivity index (χ1n) is 12.5. The van der Waals surface area contributed by atoms with Crippen molar-refractivity contribution < 1.29 is 22.4 Å². The predicted octanol–water partition coefficient (Wildman–Crippen LogP) is 9.09. The van der Waals surface area contributed by atoms with Gasteiger partial charge in [0.1, 0.15) is 0 Å². The van der Waals surface area contributed by atoms with E-state index in [-0.39, 0.29) is 40.3 Å². The molecule has 0 bridgehead atoms. The zero-order valence-electron chi connectivity index (χ0n) is 21.0. The lowest BCUT2D eigenvalue weighted by atomic mass is 9.83. The second kappa shape index (κ2) is 11.2. The van der Waals surface area contributed by atoms with Gasteiger partial charge in [0, 0.05) is 28.7 Å². The molecule has 1 saturated heterocycles. The van der Waals surface area contributed by atoms with Gasteiger partial charge >= 0.3 is 6.18 Å². The number of nitrogens with zero attached hydrogens (tertiary/aromatic N) is 1. The summed E-state index contributed by atoms with van der Waals surface area (Å²) < 4.78 is 57.4. The first kappa shape index (κ1) is 28.1. The van der Waals surface area contributed by atoms with E-state index in [0.29, 0.717) is 11.6 Å². The van der Waals surface area contributed by atoms with E-state index in [0.717, 1.165) is 23.3 Å². The van der Waals surface area contributed by atoms with E-state index in [2.05, 4.69) is 0 Å². The first-order valence-corrected chi connectivity index (χ1v) is 13.2. The number of hydrogen-bond acceptors (Lipinski definition) is 2. The Balaban J connectivity index is 1.36. The number of carbonyl (C=O) groups excluding carboxylic acids is 1. The number of halogens is 6. The number of hydrogen-bond donors (Lipinski definition) is 0. The van der Waals surface area contributed by atoms with Crippen LogP contribution in [0, 0.1) is 0 Å². The molecule has 8 heteroatoms. The highest BCUT2D eigenvalue weighted by atomic mass is 35.5. The molecule has 0 saturated carbocycles. The molecule has 40 heavy (non-hydrogen) atoms. The van der Waals surface area contributed by atoms with E-state index in [1.54, 1.807) is 0 Å². The van der Waals surface area contributed by atoms with Gasteiger partial charge in [0.05, 0.1) is 11.6 Å². The minimum Gasteiger partial charge on any atom is -0.289 e. The van der Waals surface area contributed by atoms with Crippen molar-refractivity contribution in [3.63, 3.8) is 0 Å². The van der Waals surface area contributed by atoms with Gasteiger partial charge in [-0.1, -0.05) is 108 Å². The smallest absolute Gasteiger partial charge is 0.289 e. The summed E-state index contributed by atoms with van der Waals surface area (Å²) in [6, 6.07) is 28.7. The Labute approximate surface area is 239 Å². The van der Waals surface area contributed by atoms with Crippen molar-refractivity contribution in [1.82, 2.24) is 4.90 Å². The fourth-order valence-electron chi connectivity index (χ4n) is 5.03. The number of rotatable bonds is 7. The third-order valence-corrected chi connectivity index (χ3v) is 7.38. The van der Waals surface area contributed by atoms with Crippen molar-refractivity contribution in [2.45, 2.75) is 17.9 Å². The molecule has 0 amide bonds. The van der Waals surface area contributed by atoms with Crippen LogP contribution in [0.3, 0.4) is 0 Å². The molecule has 4 aromatic carbocycles. The predicted molar refractivity (Wildman–Crippen MR) is 150 cm³/mol. The van der Waals surface area contributed by atoms with E-state index in [4.69, 9.17) is 23.2 Å². The molecule has 5 rings (SSSR count). The van der Waals surface area contributed by atoms with Crippen molar-refractivity contribution in [2.24, 2.45) is 0 Å². The maximum absolute atomic E-state index is 16.0. The van der Waals surface area contributed by atoms with Crippen LogP contribution < -0.4 is 0 Å². The number of alkyl halides is 4. The van der Waals surface area contributed by atoms with Gasteiger partial charge in [0.2, 0.25) is 0 Å². The molecule has 1 aliphatic heterocycles. The summed E-state index contributed by atoms with van der Waals surface area (Å²) in [6.07, 6.45) is -4.31. The molecule has 4 aromatic rings. The van der Waals surface area contributed by atoms with Crippen LogP contribution in [-0.4, -0.2) is 29.9 Å². The monoisotopic (exact) mass is 583 g/mol. The summed E-state index contributed by atoms with van der Waals surface area (Å²) in [5.41, 5.74) is -0.691. The van der Waals surface area contributed by atoms with Crippen molar-refractivity contribution in [2.75, 3.05) is 13.1 Å². The van der Waals surface area contributed by atoms with E-state index in [1.165, 1.54) is 30.3 Å². The van der Waals surface area contributed by atoms with Gasteiger partial charge in [0.25, 0.3) is 0 Å². The number of carbonyl (C=O) groups is 1. The Kier molecular flexibility index (Phi) is 7.87. The minimum absolute atomic E-state index is 0.00449. The number of benzene rings is 4. The molecule has 0 aromatic heterocycles. The molecule has 204 valence electrons. The van der Waals surface area contributed by atoms with Crippen LogP contribution in [-0.2, 0) is 5.67 Å². The summed E-state index contributed by atoms with van der Waals surface area (Å²) in [5, 5.41) is 0.0259. The SMILES string of the molecule is O=C(/C=C(\c1cc(Cl)cc(Cl)c1)C(F)(F)F)c1ccc(C2(F)CN(C(c3ccccc3)c3ccccc3)C2)cc1. The standard InChI is InChI=1S/C32H23Cl2F4NO/c33-26-15-24(16-27(34)17-26)28(32(36,37)38)18-29(40)21-11-13-25(14-12-21)31(35)19-39(20-31)30(22-7-3-1-4-8-22)23-9-5-2-6-10-23/h1-18,30H,19-20H2/b28-18+. The molecule has 0 N–H and O–H groups in total. The highest BCUT2D eigenvalue weighted by molar-refractivity contribution is 6.35. The van der Waals surface area contributed by atoms with Crippen molar-refractivity contribution in [3.8, 4) is 0 Å². The van der Waals surface area contributed by atoms with Gasteiger partial charge in [-0.05, 0) is 46.5 Å². The van der Waals surface area contributed by atoms with E-state index in [1.807, 2.05) is 65.6 Å². The van der Waals surface area contributed by atoms with Crippen LogP contribution in [0.1, 0.15) is 38.7 Å². The summed E-state index contributed by atoms with van der Waals surface area (Å²) in [7, 11) is 0. The zero-order valence-corrected chi connectivity index (χ0v) is 22.5. The lowest BCUT2D eigenvalue weighted by Gasteiger charge is -2.49. The lowest BCUT2D eigenvalue weighted by molar-refractivity contribution is -0.0689. The van der Waals surface area contributed by atoms with Crippen molar-refractivity contribution in [1.29, 1.82) is 0 Å². The average molecular weight is 584 g/mol. The Morgan fingerprint density at radius 2 is 1.27 bits per heavy atom. The Bertz CT molecular complexity index is 1470. The Morgan fingerprint density at radius 1 is 0.775 bits per heavy atom. The molecule has 1 fully saturated rings. The topological polar surface area (TPSA) is 20.3 Å². The van der Waals surface area contributed by atoms with Crippen molar-refractivity contribution >= 4 is 34.6 Å². The van der Waals surface area contributed by atoms with Crippen LogP contribution in [0.4, 0.5) is 17.6 Å². The van der Waals surface area contributed by atoms with Crippen LogP contribution in [0.15, 0.2) is 109 Å². The average Bonchev–Trinajstić information content (AvgIpc) is 2.91. The Morgan fingerprint density at radius 3 is 1.75 bits per heavy atom. The summed E-state index contributed by atoms with van der Waals surface area (Å²) >= 11 is 11.7.